The van der Waals surface area contributed by atoms with Crippen LogP contribution in [0.1, 0.15) is 5.56 Å². The Labute approximate surface area is 123 Å². The van der Waals surface area contributed by atoms with Crippen LogP contribution in [0.15, 0.2) is 24.3 Å². The number of urea groups is 1. The van der Waals surface area contributed by atoms with Gasteiger partial charge in [0.25, 0.3) is 0 Å². The molecule has 1 unspecified atom stereocenters. The minimum absolute atomic E-state index is 0.0892. The minimum atomic E-state index is -1.14. The predicted molar refractivity (Wildman–Crippen MR) is 76.3 cm³/mol. The molecular formula is C14H20N2O5. The van der Waals surface area contributed by atoms with Crippen molar-refractivity contribution >= 4 is 12.0 Å². The van der Waals surface area contributed by atoms with Gasteiger partial charge in [0, 0.05) is 20.7 Å². The van der Waals surface area contributed by atoms with E-state index in [9.17, 15) is 9.59 Å². The quantitative estimate of drug-likeness (QED) is 0.781. The Morgan fingerprint density at radius 2 is 2.10 bits per heavy atom. The van der Waals surface area contributed by atoms with Crippen LogP contribution in [0.4, 0.5) is 4.79 Å². The third kappa shape index (κ3) is 5.31. The number of methoxy groups -OCH3 is 2. The van der Waals surface area contributed by atoms with E-state index < -0.39 is 18.0 Å². The summed E-state index contributed by atoms with van der Waals surface area (Å²) in [5, 5.41) is 11.4. The molecule has 0 aromatic heterocycles. The number of ether oxygens (including phenoxy) is 2. The van der Waals surface area contributed by atoms with Gasteiger partial charge in [-0.3, -0.25) is 0 Å². The highest BCUT2D eigenvalue weighted by Crippen LogP contribution is 2.13. The monoisotopic (exact) mass is 296 g/mol. The lowest BCUT2D eigenvalue weighted by Gasteiger charge is -2.21. The number of rotatable bonds is 7. The Bertz CT molecular complexity index is 492. The number of hydrogen-bond acceptors (Lipinski definition) is 4. The molecule has 2 N–H and O–H groups in total. The van der Waals surface area contributed by atoms with Crippen LogP contribution in [0.5, 0.6) is 5.75 Å². The number of nitrogens with one attached hydrogen (secondary N) is 1. The number of benzene rings is 1. The van der Waals surface area contributed by atoms with Gasteiger partial charge in [-0.25, -0.2) is 9.59 Å². The van der Waals surface area contributed by atoms with Crippen molar-refractivity contribution in [2.45, 2.75) is 12.6 Å². The van der Waals surface area contributed by atoms with Crippen molar-refractivity contribution in [1.29, 1.82) is 0 Å². The summed E-state index contributed by atoms with van der Waals surface area (Å²) in [6.07, 6.45) is 0. The molecule has 1 aromatic rings. The van der Waals surface area contributed by atoms with Gasteiger partial charge in [-0.1, -0.05) is 12.1 Å². The highest BCUT2D eigenvalue weighted by atomic mass is 16.5. The van der Waals surface area contributed by atoms with E-state index in [1.807, 2.05) is 24.3 Å². The number of carboxylic acid groups (broad SMARTS) is 1. The summed E-state index contributed by atoms with van der Waals surface area (Å²) in [4.78, 5) is 24.3. The van der Waals surface area contributed by atoms with Crippen molar-refractivity contribution in [2.24, 2.45) is 0 Å². The van der Waals surface area contributed by atoms with Crippen molar-refractivity contribution in [2.75, 3.05) is 27.9 Å². The fourth-order valence-corrected chi connectivity index (χ4v) is 1.72. The number of nitrogens with zero attached hydrogens (tertiary/aromatic N) is 1. The van der Waals surface area contributed by atoms with Crippen LogP contribution in [0.25, 0.3) is 0 Å². The molecule has 116 valence electrons. The fraction of sp³-hybridized carbons (Fsp3) is 0.429. The first-order valence-electron chi connectivity index (χ1n) is 6.34. The molecule has 0 bridgehead atoms. The standard InChI is InChI=1S/C14H20N2O5/c1-16(8-10-5-4-6-11(7-10)21-3)14(19)15-12(9-20-2)13(17)18/h4-7,12H,8-9H2,1-3H3,(H,15,19)(H,17,18). The second kappa shape index (κ2) is 8.11. The summed E-state index contributed by atoms with van der Waals surface area (Å²) < 4.78 is 9.88. The maximum atomic E-state index is 12.0. The van der Waals surface area contributed by atoms with Crippen molar-refractivity contribution in [1.82, 2.24) is 10.2 Å². The van der Waals surface area contributed by atoms with Crippen LogP contribution in [0.2, 0.25) is 0 Å². The summed E-state index contributed by atoms with van der Waals surface area (Å²) in [7, 11) is 4.53. The number of amides is 2. The molecule has 7 nitrogen and oxygen atoms in total. The molecular weight excluding hydrogens is 276 g/mol. The molecule has 0 saturated heterocycles. The maximum Gasteiger partial charge on any atom is 0.328 e. The molecule has 2 amide bonds. The van der Waals surface area contributed by atoms with E-state index in [-0.39, 0.29) is 6.61 Å². The number of carbonyl (C=O) groups is 2. The Hall–Kier alpha value is -2.28. The van der Waals surface area contributed by atoms with Crippen LogP contribution < -0.4 is 10.1 Å². The van der Waals surface area contributed by atoms with Gasteiger partial charge in [-0.2, -0.15) is 0 Å². The summed E-state index contributed by atoms with van der Waals surface area (Å²) in [6, 6.07) is 5.74. The number of hydrogen-bond donors (Lipinski definition) is 2. The van der Waals surface area contributed by atoms with E-state index in [1.165, 1.54) is 12.0 Å². The first-order chi connectivity index (χ1) is 9.97. The van der Waals surface area contributed by atoms with E-state index in [1.54, 1.807) is 14.2 Å². The zero-order valence-electron chi connectivity index (χ0n) is 12.3. The average molecular weight is 296 g/mol. The molecule has 0 aliphatic carbocycles. The highest BCUT2D eigenvalue weighted by molar-refractivity contribution is 5.82. The molecule has 0 aliphatic rings. The third-order valence-corrected chi connectivity index (χ3v) is 2.83. The molecule has 0 heterocycles. The Morgan fingerprint density at radius 1 is 1.38 bits per heavy atom. The topological polar surface area (TPSA) is 88.1 Å². The van der Waals surface area contributed by atoms with Crippen molar-refractivity contribution in [3.63, 3.8) is 0 Å². The Morgan fingerprint density at radius 3 is 2.67 bits per heavy atom. The van der Waals surface area contributed by atoms with E-state index in [0.29, 0.717) is 12.3 Å². The van der Waals surface area contributed by atoms with E-state index >= 15 is 0 Å². The van der Waals surface area contributed by atoms with Crippen LogP contribution in [0.3, 0.4) is 0 Å². The zero-order chi connectivity index (χ0) is 15.8. The first-order valence-corrected chi connectivity index (χ1v) is 6.34. The second-order valence-electron chi connectivity index (χ2n) is 4.50. The summed E-state index contributed by atoms with van der Waals surface area (Å²) >= 11 is 0. The smallest absolute Gasteiger partial charge is 0.328 e. The Balaban J connectivity index is 2.63. The normalized spacial score (nSPS) is 11.6. The van der Waals surface area contributed by atoms with Gasteiger partial charge in [0.2, 0.25) is 0 Å². The van der Waals surface area contributed by atoms with Gasteiger partial charge in [0.1, 0.15) is 5.75 Å². The molecule has 1 atom stereocenters. The average Bonchev–Trinajstić information content (AvgIpc) is 2.46. The number of carbonyl (C=O) groups excluding carboxylic acids is 1. The summed E-state index contributed by atoms with van der Waals surface area (Å²) in [5.41, 5.74) is 0.880. The fourth-order valence-electron chi connectivity index (χ4n) is 1.72. The van der Waals surface area contributed by atoms with Gasteiger partial charge in [-0.15, -0.1) is 0 Å². The highest BCUT2D eigenvalue weighted by Gasteiger charge is 2.21. The van der Waals surface area contributed by atoms with Gasteiger partial charge in [0.05, 0.1) is 13.7 Å². The zero-order valence-corrected chi connectivity index (χ0v) is 12.3. The molecule has 0 spiro atoms. The molecule has 0 saturated carbocycles. The molecule has 1 rings (SSSR count). The molecule has 0 fully saturated rings. The summed E-state index contributed by atoms with van der Waals surface area (Å²) in [6.45, 7) is 0.246. The summed E-state index contributed by atoms with van der Waals surface area (Å²) in [5.74, 6) is -0.441. The third-order valence-electron chi connectivity index (χ3n) is 2.83. The lowest BCUT2D eigenvalue weighted by Crippen LogP contribution is -2.48. The first kappa shape index (κ1) is 16.8. The van der Waals surface area contributed by atoms with Crippen LogP contribution in [-0.4, -0.2) is 55.9 Å². The molecule has 7 heteroatoms. The largest absolute Gasteiger partial charge is 0.497 e. The van der Waals surface area contributed by atoms with Gasteiger partial charge < -0.3 is 24.8 Å². The molecule has 0 radical (unpaired) electrons. The van der Waals surface area contributed by atoms with Gasteiger partial charge in [0.15, 0.2) is 6.04 Å². The van der Waals surface area contributed by atoms with Gasteiger partial charge >= 0.3 is 12.0 Å². The molecule has 21 heavy (non-hydrogen) atoms. The van der Waals surface area contributed by atoms with Crippen molar-refractivity contribution < 1.29 is 24.2 Å². The van der Waals surface area contributed by atoms with Crippen LogP contribution >= 0.6 is 0 Å². The van der Waals surface area contributed by atoms with E-state index in [2.05, 4.69) is 5.32 Å². The Kier molecular flexibility index (Phi) is 6.48. The van der Waals surface area contributed by atoms with Crippen molar-refractivity contribution in [3.05, 3.63) is 29.8 Å². The maximum absolute atomic E-state index is 12.0. The lowest BCUT2D eigenvalue weighted by molar-refractivity contribution is -0.140. The lowest BCUT2D eigenvalue weighted by atomic mass is 10.2. The predicted octanol–water partition coefficient (Wildman–Crippen LogP) is 0.936. The second-order valence-corrected chi connectivity index (χ2v) is 4.50. The number of aliphatic carboxylic acids is 1. The van der Waals surface area contributed by atoms with Crippen LogP contribution in [0, 0.1) is 0 Å². The SMILES string of the molecule is COCC(NC(=O)N(C)Cc1cccc(OC)c1)C(=O)O. The van der Waals surface area contributed by atoms with Crippen molar-refractivity contribution in [3.8, 4) is 5.75 Å². The van der Waals surface area contributed by atoms with Crippen LogP contribution in [-0.2, 0) is 16.1 Å². The van der Waals surface area contributed by atoms with E-state index in [0.717, 1.165) is 5.56 Å². The minimum Gasteiger partial charge on any atom is -0.497 e. The molecule has 1 aromatic carbocycles. The van der Waals surface area contributed by atoms with E-state index in [4.69, 9.17) is 14.6 Å². The number of carboxylic acids is 1. The van der Waals surface area contributed by atoms with Gasteiger partial charge in [-0.05, 0) is 17.7 Å². The molecule has 0 aliphatic heterocycles.